The van der Waals surface area contributed by atoms with Crippen molar-refractivity contribution in [3.05, 3.63) is 68.1 Å². The molecular formula is C18H12Br2N4O2. The Bertz CT molecular complexity index is 927. The molecule has 0 spiro atoms. The monoisotopic (exact) mass is 474 g/mol. The lowest BCUT2D eigenvalue weighted by molar-refractivity contribution is -0.123. The second kappa shape index (κ2) is 6.14. The molecule has 0 bridgehead atoms. The van der Waals surface area contributed by atoms with Crippen LogP contribution in [0.2, 0.25) is 0 Å². The van der Waals surface area contributed by atoms with Crippen molar-refractivity contribution >= 4 is 55.1 Å². The number of carbonyl (C=O) groups excluding carboxylic acids is 2. The summed E-state index contributed by atoms with van der Waals surface area (Å²) in [5.41, 5.74) is 2.91. The van der Waals surface area contributed by atoms with Gasteiger partial charge in [0.25, 0.3) is 11.8 Å². The van der Waals surface area contributed by atoms with E-state index in [1.54, 1.807) is 38.6 Å². The van der Waals surface area contributed by atoms with Gasteiger partial charge >= 0.3 is 0 Å². The molecule has 0 aliphatic carbocycles. The molecule has 0 N–H and O–H groups in total. The van der Waals surface area contributed by atoms with Gasteiger partial charge < -0.3 is 9.80 Å². The predicted molar refractivity (Wildman–Crippen MR) is 103 cm³/mol. The van der Waals surface area contributed by atoms with Crippen LogP contribution in [0.5, 0.6) is 0 Å². The molecule has 4 heterocycles. The van der Waals surface area contributed by atoms with Crippen LogP contribution in [0.1, 0.15) is 11.4 Å². The summed E-state index contributed by atoms with van der Waals surface area (Å²) in [4.78, 5) is 37.6. The Hall–Kier alpha value is -2.32. The van der Waals surface area contributed by atoms with Crippen LogP contribution in [0.15, 0.2) is 56.8 Å². The molecule has 0 atom stereocenters. The second-order valence-electron chi connectivity index (χ2n) is 5.90. The zero-order valence-corrected chi connectivity index (χ0v) is 17.0. The van der Waals surface area contributed by atoms with Gasteiger partial charge in [-0.25, -0.2) is 0 Å². The lowest BCUT2D eigenvalue weighted by atomic mass is 10.1. The van der Waals surface area contributed by atoms with Crippen molar-refractivity contribution in [1.82, 2.24) is 19.8 Å². The number of hydrogen-bond donors (Lipinski definition) is 0. The number of aromatic nitrogens is 2. The normalized spacial score (nSPS) is 16.9. The van der Waals surface area contributed by atoms with E-state index < -0.39 is 0 Å². The van der Waals surface area contributed by atoms with E-state index in [9.17, 15) is 9.59 Å². The molecule has 0 fully saturated rings. The van der Waals surface area contributed by atoms with E-state index in [4.69, 9.17) is 0 Å². The zero-order valence-electron chi connectivity index (χ0n) is 13.8. The first kappa shape index (κ1) is 17.1. The first-order chi connectivity index (χ1) is 12.4. The molecule has 8 heteroatoms. The van der Waals surface area contributed by atoms with Gasteiger partial charge in [-0.1, -0.05) is 0 Å². The van der Waals surface area contributed by atoms with E-state index in [0.29, 0.717) is 33.9 Å². The van der Waals surface area contributed by atoms with E-state index >= 15 is 0 Å². The van der Waals surface area contributed by atoms with Crippen LogP contribution in [0, 0.1) is 0 Å². The minimum atomic E-state index is -0.239. The van der Waals surface area contributed by atoms with Crippen molar-refractivity contribution in [2.24, 2.45) is 0 Å². The lowest BCUT2D eigenvalue weighted by Crippen LogP contribution is -2.25. The van der Waals surface area contributed by atoms with Crippen LogP contribution in [-0.2, 0) is 9.59 Å². The SMILES string of the molecule is CN1C(=O)C2=C(c3ccc(Br)cn3)N(C)C(=O)C2=C1c1ccc(Br)cn1. The molecule has 2 aromatic rings. The molecular weight excluding hydrogens is 464 g/mol. The Morgan fingerprint density at radius 1 is 0.731 bits per heavy atom. The Balaban J connectivity index is 1.97. The minimum Gasteiger partial charge on any atom is -0.309 e. The smallest absolute Gasteiger partial charge is 0.261 e. The quantitative estimate of drug-likeness (QED) is 0.669. The third kappa shape index (κ3) is 2.44. The molecule has 130 valence electrons. The minimum absolute atomic E-state index is 0.239. The van der Waals surface area contributed by atoms with Crippen LogP contribution in [0.3, 0.4) is 0 Å². The average Bonchev–Trinajstić information content (AvgIpc) is 3.03. The molecule has 26 heavy (non-hydrogen) atoms. The van der Waals surface area contributed by atoms with E-state index in [1.165, 1.54) is 9.80 Å². The van der Waals surface area contributed by atoms with E-state index in [1.807, 2.05) is 12.1 Å². The summed E-state index contributed by atoms with van der Waals surface area (Å²) in [7, 11) is 3.30. The number of carbonyl (C=O) groups is 2. The maximum absolute atomic E-state index is 13.0. The zero-order chi connectivity index (χ0) is 18.6. The summed E-state index contributed by atoms with van der Waals surface area (Å²) in [6.07, 6.45) is 3.28. The molecule has 2 aliphatic heterocycles. The first-order valence-corrected chi connectivity index (χ1v) is 9.27. The summed E-state index contributed by atoms with van der Waals surface area (Å²) in [5.74, 6) is -0.478. The van der Waals surface area contributed by atoms with Crippen molar-refractivity contribution in [3.8, 4) is 0 Å². The van der Waals surface area contributed by atoms with Crippen LogP contribution >= 0.6 is 31.9 Å². The highest BCUT2D eigenvalue weighted by Crippen LogP contribution is 2.44. The summed E-state index contributed by atoms with van der Waals surface area (Å²) in [6.45, 7) is 0. The van der Waals surface area contributed by atoms with Gasteiger partial charge in [0.15, 0.2) is 0 Å². The lowest BCUT2D eigenvalue weighted by Gasteiger charge is -2.19. The number of halogens is 2. The van der Waals surface area contributed by atoms with Gasteiger partial charge in [-0.05, 0) is 56.1 Å². The topological polar surface area (TPSA) is 66.4 Å². The predicted octanol–water partition coefficient (Wildman–Crippen LogP) is 3.07. The van der Waals surface area contributed by atoms with Gasteiger partial charge in [0.1, 0.15) is 0 Å². The van der Waals surface area contributed by atoms with Gasteiger partial charge in [0.2, 0.25) is 0 Å². The molecule has 0 unspecified atom stereocenters. The summed E-state index contributed by atoms with van der Waals surface area (Å²) >= 11 is 6.70. The molecule has 2 aliphatic rings. The van der Waals surface area contributed by atoms with Crippen molar-refractivity contribution in [3.63, 3.8) is 0 Å². The number of fused-ring (bicyclic) bond motifs is 1. The number of hydrogen-bond acceptors (Lipinski definition) is 4. The van der Waals surface area contributed by atoms with Gasteiger partial charge in [-0.3, -0.25) is 19.6 Å². The molecule has 6 nitrogen and oxygen atoms in total. The largest absolute Gasteiger partial charge is 0.309 e. The number of pyridine rings is 2. The van der Waals surface area contributed by atoms with E-state index in [-0.39, 0.29) is 11.8 Å². The highest BCUT2D eigenvalue weighted by molar-refractivity contribution is 9.10. The molecule has 0 radical (unpaired) electrons. The third-order valence-corrected chi connectivity index (χ3v) is 5.31. The van der Waals surface area contributed by atoms with Crippen LogP contribution in [0.25, 0.3) is 11.4 Å². The number of amides is 2. The van der Waals surface area contributed by atoms with Gasteiger partial charge in [0.05, 0.1) is 33.9 Å². The van der Waals surface area contributed by atoms with Crippen molar-refractivity contribution in [2.45, 2.75) is 0 Å². The van der Waals surface area contributed by atoms with Crippen molar-refractivity contribution in [1.29, 1.82) is 0 Å². The molecule has 4 rings (SSSR count). The van der Waals surface area contributed by atoms with Crippen molar-refractivity contribution in [2.75, 3.05) is 14.1 Å². The standard InChI is InChI=1S/C18H12Br2N4O2/c1-23-15(11-5-3-9(19)7-21-11)13-14(17(23)25)16(24(2)18(13)26)12-6-4-10(20)8-22-12/h3-8H,1-2H3. The summed E-state index contributed by atoms with van der Waals surface area (Å²) < 4.78 is 1.65. The fourth-order valence-electron chi connectivity index (χ4n) is 3.16. The fraction of sp³-hybridized carbons (Fsp3) is 0.111. The second-order valence-corrected chi connectivity index (χ2v) is 7.73. The van der Waals surface area contributed by atoms with Crippen molar-refractivity contribution < 1.29 is 9.59 Å². The van der Waals surface area contributed by atoms with Crippen LogP contribution in [-0.4, -0.2) is 45.7 Å². The first-order valence-electron chi connectivity index (χ1n) is 7.69. The molecule has 0 saturated heterocycles. The van der Waals surface area contributed by atoms with Gasteiger partial charge in [-0.2, -0.15) is 0 Å². The van der Waals surface area contributed by atoms with E-state index in [2.05, 4.69) is 41.8 Å². The highest BCUT2D eigenvalue weighted by atomic mass is 79.9. The number of likely N-dealkylation sites (N-methyl/N-ethyl adjacent to an activating group) is 2. The Labute approximate surface area is 166 Å². The van der Waals surface area contributed by atoms with Gasteiger partial charge in [-0.15, -0.1) is 0 Å². The Kier molecular flexibility index (Phi) is 4.04. The fourth-order valence-corrected chi connectivity index (χ4v) is 3.63. The van der Waals surface area contributed by atoms with E-state index in [0.717, 1.165) is 8.95 Å². The summed E-state index contributed by atoms with van der Waals surface area (Å²) in [5, 5.41) is 0. The molecule has 0 saturated carbocycles. The maximum Gasteiger partial charge on any atom is 0.261 e. The Morgan fingerprint density at radius 2 is 1.12 bits per heavy atom. The average molecular weight is 476 g/mol. The highest BCUT2D eigenvalue weighted by Gasteiger charge is 2.47. The number of nitrogens with zero attached hydrogens (tertiary/aromatic N) is 4. The van der Waals surface area contributed by atoms with Gasteiger partial charge in [0, 0.05) is 35.4 Å². The third-order valence-electron chi connectivity index (χ3n) is 4.37. The molecule has 2 aromatic heterocycles. The number of rotatable bonds is 2. The molecule has 2 amide bonds. The van der Waals surface area contributed by atoms with Crippen LogP contribution < -0.4 is 0 Å². The maximum atomic E-state index is 13.0. The summed E-state index contributed by atoms with van der Waals surface area (Å²) in [6, 6.07) is 7.22. The Morgan fingerprint density at radius 3 is 1.42 bits per heavy atom. The molecule has 0 aromatic carbocycles. The van der Waals surface area contributed by atoms with Crippen LogP contribution in [0.4, 0.5) is 0 Å².